The van der Waals surface area contributed by atoms with E-state index < -0.39 is 27.0 Å². The van der Waals surface area contributed by atoms with Gasteiger partial charge in [-0.2, -0.15) is 0 Å². The van der Waals surface area contributed by atoms with Crippen LogP contribution in [-0.4, -0.2) is 39.6 Å². The van der Waals surface area contributed by atoms with Gasteiger partial charge in [-0.05, 0) is 54.2 Å². The van der Waals surface area contributed by atoms with Crippen LogP contribution in [0, 0.1) is 6.92 Å². The van der Waals surface area contributed by atoms with Gasteiger partial charge in [-0.1, -0.05) is 45.0 Å². The van der Waals surface area contributed by atoms with Crippen LogP contribution < -0.4 is 4.72 Å². The molecule has 0 radical (unpaired) electrons. The third-order valence-electron chi connectivity index (χ3n) is 4.93. The van der Waals surface area contributed by atoms with Gasteiger partial charge in [0.25, 0.3) is 10.0 Å². The first-order valence-electron chi connectivity index (χ1n) is 11.6. The topological polar surface area (TPSA) is 58.6 Å². The highest BCUT2D eigenvalue weighted by Gasteiger charge is 2.22. The highest BCUT2D eigenvalue weighted by molar-refractivity contribution is 7.92. The number of hydrogen-bond acceptors (Lipinski definition) is 4. The number of sulfonamides is 1. The van der Waals surface area contributed by atoms with Crippen LogP contribution in [0.2, 0.25) is 0 Å². The van der Waals surface area contributed by atoms with Crippen molar-refractivity contribution >= 4 is 15.7 Å². The summed E-state index contributed by atoms with van der Waals surface area (Å²) in [5.41, 5.74) is 2.15. The summed E-state index contributed by atoms with van der Waals surface area (Å²) in [6, 6.07) is 3.55. The van der Waals surface area contributed by atoms with Gasteiger partial charge in [0, 0.05) is 13.1 Å². The SMILES string of the molecule is [2H]c1c([2H])c(S(=O)(=O)Nc2ccc(C3CN(CC)CCO3)cc2C)c([2H])c([2H])c1C(C)C. The molecule has 2 aromatic carbocycles. The summed E-state index contributed by atoms with van der Waals surface area (Å²) in [6.45, 7) is 10.6. The fourth-order valence-electron chi connectivity index (χ4n) is 3.12. The van der Waals surface area contributed by atoms with Crippen molar-refractivity contribution in [3.63, 3.8) is 0 Å². The summed E-state index contributed by atoms with van der Waals surface area (Å²) < 4.78 is 67.3. The minimum absolute atomic E-state index is 0.0898. The third kappa shape index (κ3) is 4.74. The molecule has 1 heterocycles. The van der Waals surface area contributed by atoms with E-state index in [1.165, 1.54) is 0 Å². The summed E-state index contributed by atoms with van der Waals surface area (Å²) in [6.07, 6.45) is -0.0898. The van der Waals surface area contributed by atoms with Gasteiger partial charge in [-0.25, -0.2) is 8.42 Å². The van der Waals surface area contributed by atoms with E-state index in [0.717, 1.165) is 25.2 Å². The van der Waals surface area contributed by atoms with Crippen LogP contribution in [0.4, 0.5) is 5.69 Å². The molecular weight excluding hydrogens is 372 g/mol. The Labute approximate surface area is 174 Å². The van der Waals surface area contributed by atoms with E-state index >= 15 is 0 Å². The summed E-state index contributed by atoms with van der Waals surface area (Å²) in [5, 5.41) is 0. The second kappa shape index (κ2) is 8.64. The molecule has 152 valence electrons. The Hall–Kier alpha value is -1.89. The molecule has 0 amide bonds. The van der Waals surface area contributed by atoms with Crippen molar-refractivity contribution in [1.29, 1.82) is 0 Å². The van der Waals surface area contributed by atoms with Crippen molar-refractivity contribution in [3.8, 4) is 0 Å². The molecular formula is C22H30N2O3S. The first-order valence-corrected chi connectivity index (χ1v) is 11.0. The molecule has 1 unspecified atom stereocenters. The van der Waals surface area contributed by atoms with Gasteiger partial charge in [0.2, 0.25) is 0 Å². The molecule has 6 heteroatoms. The number of nitrogens with one attached hydrogen (secondary N) is 1. The van der Waals surface area contributed by atoms with Crippen LogP contribution in [0.3, 0.4) is 0 Å². The lowest BCUT2D eigenvalue weighted by atomic mass is 10.0. The number of aryl methyl sites for hydroxylation is 1. The second-order valence-corrected chi connectivity index (χ2v) is 8.95. The van der Waals surface area contributed by atoms with Gasteiger partial charge < -0.3 is 4.74 Å². The predicted molar refractivity (Wildman–Crippen MR) is 113 cm³/mol. The second-order valence-electron chi connectivity index (χ2n) is 7.33. The number of nitrogens with zero attached hydrogens (tertiary/aromatic N) is 1. The van der Waals surface area contributed by atoms with Gasteiger partial charge in [0.15, 0.2) is 0 Å². The number of likely N-dealkylation sites (N-methyl/N-ethyl adjacent to an activating group) is 1. The molecule has 3 rings (SSSR count). The van der Waals surface area contributed by atoms with E-state index in [0.29, 0.717) is 17.9 Å². The minimum Gasteiger partial charge on any atom is -0.371 e. The Balaban J connectivity index is 1.94. The lowest BCUT2D eigenvalue weighted by Gasteiger charge is -2.32. The first kappa shape index (κ1) is 16.0. The van der Waals surface area contributed by atoms with E-state index in [4.69, 9.17) is 10.2 Å². The number of morpholine rings is 1. The monoisotopic (exact) mass is 406 g/mol. The zero-order chi connectivity index (χ0) is 23.8. The molecule has 5 nitrogen and oxygen atoms in total. The molecule has 0 aliphatic carbocycles. The zero-order valence-corrected chi connectivity index (χ0v) is 17.6. The Kier molecular flexibility index (Phi) is 4.93. The number of benzene rings is 2. The van der Waals surface area contributed by atoms with Crippen molar-refractivity contribution < 1.29 is 18.6 Å². The van der Waals surface area contributed by atoms with Gasteiger partial charge >= 0.3 is 0 Å². The Bertz CT molecular complexity index is 1090. The van der Waals surface area contributed by atoms with Crippen LogP contribution in [0.25, 0.3) is 0 Å². The standard InChI is InChI=1S/C22H30N2O3S/c1-5-24-12-13-27-22(15-24)19-8-11-21(17(4)14-19)23-28(25,26)20-9-6-18(7-10-20)16(2)3/h6-11,14,16,22-23H,5,12-13,15H2,1-4H3/i6D,7D,9D,10D. The van der Waals surface area contributed by atoms with E-state index in [1.54, 1.807) is 26.8 Å². The summed E-state index contributed by atoms with van der Waals surface area (Å²) in [7, 11) is -4.34. The highest BCUT2D eigenvalue weighted by Crippen LogP contribution is 2.27. The molecule has 0 spiro atoms. The molecule has 0 bridgehead atoms. The van der Waals surface area contributed by atoms with E-state index in [2.05, 4.69) is 16.5 Å². The van der Waals surface area contributed by atoms with Crippen molar-refractivity contribution in [2.45, 2.75) is 44.6 Å². The maximum absolute atomic E-state index is 13.1. The fraction of sp³-hybridized carbons (Fsp3) is 0.455. The molecule has 1 fully saturated rings. The molecule has 28 heavy (non-hydrogen) atoms. The summed E-state index contributed by atoms with van der Waals surface area (Å²) >= 11 is 0. The van der Waals surface area contributed by atoms with Crippen molar-refractivity contribution in [3.05, 3.63) is 59.1 Å². The van der Waals surface area contributed by atoms with Gasteiger partial charge in [-0.15, -0.1) is 0 Å². The molecule has 1 aliphatic rings. The molecule has 1 saturated heterocycles. The molecule has 2 aromatic rings. The molecule has 1 N–H and O–H groups in total. The maximum atomic E-state index is 13.1. The zero-order valence-electron chi connectivity index (χ0n) is 20.8. The number of anilines is 1. The average molecular weight is 407 g/mol. The van der Waals surface area contributed by atoms with Crippen LogP contribution in [0.5, 0.6) is 0 Å². The van der Waals surface area contributed by atoms with Crippen molar-refractivity contribution in [2.75, 3.05) is 31.0 Å². The minimum atomic E-state index is -4.34. The Morgan fingerprint density at radius 2 is 2.00 bits per heavy atom. The number of hydrogen-bond donors (Lipinski definition) is 1. The smallest absolute Gasteiger partial charge is 0.261 e. The summed E-state index contributed by atoms with van der Waals surface area (Å²) in [4.78, 5) is 1.65. The largest absolute Gasteiger partial charge is 0.371 e. The van der Waals surface area contributed by atoms with Crippen LogP contribution >= 0.6 is 0 Å². The highest BCUT2D eigenvalue weighted by atomic mass is 32.2. The lowest BCUT2D eigenvalue weighted by Crippen LogP contribution is -2.38. The number of ether oxygens (including phenoxy) is 1. The van der Waals surface area contributed by atoms with E-state index in [9.17, 15) is 8.42 Å². The van der Waals surface area contributed by atoms with Crippen LogP contribution in [-0.2, 0) is 14.8 Å². The number of rotatable bonds is 6. The fourth-order valence-corrected chi connectivity index (χ4v) is 4.11. The van der Waals surface area contributed by atoms with Crippen LogP contribution in [0.1, 0.15) is 55.0 Å². The Morgan fingerprint density at radius 3 is 2.61 bits per heavy atom. The molecule has 0 saturated carbocycles. The van der Waals surface area contributed by atoms with Gasteiger partial charge in [0.1, 0.15) is 0 Å². The lowest BCUT2D eigenvalue weighted by molar-refractivity contribution is -0.0281. The molecule has 1 aliphatic heterocycles. The maximum Gasteiger partial charge on any atom is 0.261 e. The average Bonchev–Trinajstić information content (AvgIpc) is 2.73. The third-order valence-corrected chi connectivity index (χ3v) is 6.16. The van der Waals surface area contributed by atoms with Gasteiger partial charge in [-0.3, -0.25) is 9.62 Å². The van der Waals surface area contributed by atoms with Crippen molar-refractivity contribution in [2.24, 2.45) is 0 Å². The quantitative estimate of drug-likeness (QED) is 0.776. The van der Waals surface area contributed by atoms with Gasteiger partial charge in [0.05, 0.1) is 28.8 Å². The summed E-state index contributed by atoms with van der Waals surface area (Å²) in [5.74, 6) is -0.270. The predicted octanol–water partition coefficient (Wildman–Crippen LogP) is 4.31. The molecule has 1 atom stereocenters. The van der Waals surface area contributed by atoms with Crippen molar-refractivity contribution in [1.82, 2.24) is 4.90 Å². The molecule has 0 aromatic heterocycles. The normalized spacial score (nSPS) is 20.4. The van der Waals surface area contributed by atoms with Crippen LogP contribution in [0.15, 0.2) is 47.3 Å². The van der Waals surface area contributed by atoms with E-state index in [-0.39, 0.29) is 29.7 Å². The van der Waals surface area contributed by atoms with E-state index in [1.807, 2.05) is 12.1 Å². The first-order chi connectivity index (χ1) is 15.0. The Morgan fingerprint density at radius 1 is 1.29 bits per heavy atom.